The topological polar surface area (TPSA) is 62.2 Å². The van der Waals surface area contributed by atoms with Gasteiger partial charge in [0.2, 0.25) is 0 Å². The minimum atomic E-state index is -0.735. The van der Waals surface area contributed by atoms with Crippen molar-refractivity contribution in [2.24, 2.45) is 0 Å². The maximum absolute atomic E-state index is 10.9. The number of phenols is 1. The molecule has 0 unspecified atom stereocenters. The summed E-state index contributed by atoms with van der Waals surface area (Å²) in [6.07, 6.45) is 4.82. The molecule has 4 rings (SSSR count). The number of hydrogen-bond acceptors (Lipinski definition) is 5. The van der Waals surface area contributed by atoms with Crippen LogP contribution in [0.15, 0.2) is 35.6 Å². The van der Waals surface area contributed by atoms with Gasteiger partial charge in [-0.1, -0.05) is 6.07 Å². The number of methoxy groups -OCH3 is 2. The number of hydrogen-bond donors (Lipinski definition) is 2. The molecule has 128 valence electrons. The third-order valence-electron chi connectivity index (χ3n) is 5.82. The van der Waals surface area contributed by atoms with Crippen LogP contribution in [0, 0.1) is 0 Å². The van der Waals surface area contributed by atoms with Crippen LogP contribution >= 0.6 is 0 Å². The van der Waals surface area contributed by atoms with Crippen molar-refractivity contribution in [3.05, 3.63) is 46.7 Å². The molecule has 1 fully saturated rings. The van der Waals surface area contributed by atoms with E-state index >= 15 is 0 Å². The third-order valence-corrected chi connectivity index (χ3v) is 5.82. The molecule has 0 aromatic heterocycles. The van der Waals surface area contributed by atoms with Gasteiger partial charge in [-0.3, -0.25) is 4.90 Å². The normalized spacial score (nSPS) is 31.5. The summed E-state index contributed by atoms with van der Waals surface area (Å²) in [5.74, 6) is 1.22. The molecule has 2 aliphatic carbocycles. The van der Waals surface area contributed by atoms with E-state index in [4.69, 9.17) is 9.47 Å². The number of allylic oxidation sites excluding steroid dienone is 1. The maximum Gasteiger partial charge on any atom is 0.162 e. The molecule has 1 heterocycles. The van der Waals surface area contributed by atoms with E-state index in [-0.39, 0.29) is 11.8 Å². The average molecular weight is 329 g/mol. The number of aromatic hydroxyl groups is 1. The number of rotatable bonds is 2. The van der Waals surface area contributed by atoms with Gasteiger partial charge in [0, 0.05) is 17.0 Å². The molecule has 5 heteroatoms. The molecule has 1 aromatic rings. The van der Waals surface area contributed by atoms with E-state index in [2.05, 4.69) is 11.9 Å². The number of piperidine rings is 1. The van der Waals surface area contributed by atoms with Crippen LogP contribution in [-0.2, 0) is 16.6 Å². The SMILES string of the molecule is COC1=C[C@]23CCN(C)[C@@H](Cc4ccc(OC)c(O)c42)C3=C[C@@H]1O. The molecule has 1 saturated heterocycles. The van der Waals surface area contributed by atoms with Gasteiger partial charge in [-0.05, 0) is 55.8 Å². The lowest BCUT2D eigenvalue weighted by Gasteiger charge is -2.53. The van der Waals surface area contributed by atoms with Crippen LogP contribution in [0.5, 0.6) is 11.5 Å². The largest absolute Gasteiger partial charge is 0.504 e. The number of fused-ring (bicyclic) bond motifs is 1. The fraction of sp³-hybridized carbons (Fsp3) is 0.474. The second-order valence-electron chi connectivity index (χ2n) is 6.89. The molecule has 0 saturated carbocycles. The van der Waals surface area contributed by atoms with Crippen molar-refractivity contribution in [3.8, 4) is 11.5 Å². The number of likely N-dealkylation sites (tertiary alicyclic amines) is 1. The lowest BCUT2D eigenvalue weighted by Crippen LogP contribution is -2.54. The smallest absolute Gasteiger partial charge is 0.162 e. The Morgan fingerprint density at radius 3 is 2.75 bits per heavy atom. The summed E-state index contributed by atoms with van der Waals surface area (Å²) in [6, 6.07) is 4.10. The molecule has 1 aromatic carbocycles. The summed E-state index contributed by atoms with van der Waals surface area (Å²) in [4.78, 5) is 2.33. The Bertz CT molecular complexity index is 754. The molecular weight excluding hydrogens is 306 g/mol. The zero-order chi connectivity index (χ0) is 17.1. The summed E-state index contributed by atoms with van der Waals surface area (Å²) in [7, 11) is 5.26. The molecule has 24 heavy (non-hydrogen) atoms. The predicted molar refractivity (Wildman–Crippen MR) is 90.3 cm³/mol. The summed E-state index contributed by atoms with van der Waals surface area (Å²) in [5.41, 5.74) is 2.75. The Balaban J connectivity index is 2.01. The monoisotopic (exact) mass is 329 g/mol. The van der Waals surface area contributed by atoms with Crippen molar-refractivity contribution in [1.82, 2.24) is 4.90 Å². The number of aliphatic hydroxyl groups is 1. The van der Waals surface area contributed by atoms with E-state index in [1.54, 1.807) is 14.2 Å². The lowest BCUT2D eigenvalue weighted by atomic mass is 9.58. The molecular formula is C19H23NO4. The van der Waals surface area contributed by atoms with Gasteiger partial charge in [0.1, 0.15) is 11.9 Å². The quantitative estimate of drug-likeness (QED) is 0.809. The van der Waals surface area contributed by atoms with Crippen molar-refractivity contribution in [2.75, 3.05) is 27.8 Å². The Morgan fingerprint density at radius 2 is 2.04 bits per heavy atom. The average Bonchev–Trinajstić information content (AvgIpc) is 2.58. The molecule has 1 aliphatic heterocycles. The minimum absolute atomic E-state index is 0.201. The first-order valence-corrected chi connectivity index (χ1v) is 8.28. The van der Waals surface area contributed by atoms with Gasteiger partial charge in [0.25, 0.3) is 0 Å². The van der Waals surface area contributed by atoms with E-state index in [0.29, 0.717) is 11.5 Å². The first-order valence-electron chi connectivity index (χ1n) is 8.28. The third kappa shape index (κ3) is 1.88. The molecule has 2 bridgehead atoms. The van der Waals surface area contributed by atoms with Crippen molar-refractivity contribution in [2.45, 2.75) is 30.4 Å². The summed E-state index contributed by atoms with van der Waals surface area (Å²) in [6.45, 7) is 0.918. The van der Waals surface area contributed by atoms with Gasteiger partial charge in [0.05, 0.1) is 14.2 Å². The fourth-order valence-electron chi connectivity index (χ4n) is 4.63. The molecule has 0 radical (unpaired) electrons. The first kappa shape index (κ1) is 15.5. The Kier molecular flexibility index (Phi) is 3.41. The molecule has 5 nitrogen and oxygen atoms in total. The summed E-state index contributed by atoms with van der Waals surface area (Å²) in [5, 5.41) is 21.3. The van der Waals surface area contributed by atoms with Crippen LogP contribution in [0.4, 0.5) is 0 Å². The highest BCUT2D eigenvalue weighted by Crippen LogP contribution is 2.56. The summed E-state index contributed by atoms with van der Waals surface area (Å²) >= 11 is 0. The molecule has 0 amide bonds. The number of likely N-dealkylation sites (N-methyl/N-ethyl adjacent to an activating group) is 1. The van der Waals surface area contributed by atoms with Gasteiger partial charge < -0.3 is 19.7 Å². The van der Waals surface area contributed by atoms with E-state index in [9.17, 15) is 10.2 Å². The van der Waals surface area contributed by atoms with Crippen molar-refractivity contribution >= 4 is 0 Å². The van der Waals surface area contributed by atoms with Gasteiger partial charge in [0.15, 0.2) is 11.5 Å². The van der Waals surface area contributed by atoms with Crippen molar-refractivity contribution in [3.63, 3.8) is 0 Å². The van der Waals surface area contributed by atoms with Crippen LogP contribution in [0.2, 0.25) is 0 Å². The van der Waals surface area contributed by atoms with E-state index in [1.807, 2.05) is 24.3 Å². The lowest BCUT2D eigenvalue weighted by molar-refractivity contribution is 0.131. The Hall–Kier alpha value is -1.98. The second kappa shape index (κ2) is 5.26. The number of ether oxygens (including phenoxy) is 2. The van der Waals surface area contributed by atoms with Crippen LogP contribution in [0.25, 0.3) is 0 Å². The van der Waals surface area contributed by atoms with Gasteiger partial charge in [-0.15, -0.1) is 0 Å². The molecule has 2 N–H and O–H groups in total. The molecule has 3 atom stereocenters. The van der Waals surface area contributed by atoms with Gasteiger partial charge >= 0.3 is 0 Å². The van der Waals surface area contributed by atoms with Gasteiger partial charge in [-0.25, -0.2) is 0 Å². The molecule has 3 aliphatic rings. The molecule has 0 spiro atoms. The predicted octanol–water partition coefficient (Wildman–Crippen LogP) is 1.73. The number of benzene rings is 1. The fourth-order valence-corrected chi connectivity index (χ4v) is 4.63. The second-order valence-corrected chi connectivity index (χ2v) is 6.89. The first-order chi connectivity index (χ1) is 11.5. The van der Waals surface area contributed by atoms with E-state index in [1.165, 1.54) is 0 Å². The van der Waals surface area contributed by atoms with Crippen LogP contribution in [-0.4, -0.2) is 55.1 Å². The maximum atomic E-state index is 10.9. The Morgan fingerprint density at radius 1 is 1.25 bits per heavy atom. The van der Waals surface area contributed by atoms with Crippen molar-refractivity contribution in [1.29, 1.82) is 0 Å². The highest BCUT2D eigenvalue weighted by atomic mass is 16.5. The van der Waals surface area contributed by atoms with Crippen LogP contribution in [0.3, 0.4) is 0 Å². The van der Waals surface area contributed by atoms with E-state index in [0.717, 1.165) is 36.1 Å². The summed E-state index contributed by atoms with van der Waals surface area (Å²) < 4.78 is 10.8. The number of nitrogens with zero attached hydrogens (tertiary/aromatic N) is 1. The van der Waals surface area contributed by atoms with E-state index < -0.39 is 11.5 Å². The van der Waals surface area contributed by atoms with Crippen molar-refractivity contribution < 1.29 is 19.7 Å². The van der Waals surface area contributed by atoms with Crippen LogP contribution in [0.1, 0.15) is 17.5 Å². The zero-order valence-electron chi connectivity index (χ0n) is 14.2. The van der Waals surface area contributed by atoms with Crippen LogP contribution < -0.4 is 4.74 Å². The zero-order valence-corrected chi connectivity index (χ0v) is 14.2. The van der Waals surface area contributed by atoms with Gasteiger partial charge in [-0.2, -0.15) is 0 Å². The minimum Gasteiger partial charge on any atom is -0.504 e. The highest BCUT2D eigenvalue weighted by molar-refractivity contribution is 5.64. The number of phenolic OH excluding ortho intramolecular Hbond substituents is 1. The Labute approximate surface area is 141 Å². The highest BCUT2D eigenvalue weighted by Gasteiger charge is 2.51. The standard InChI is InChI=1S/C19H23NO4/c1-20-7-6-19-10-16(24-3)14(21)9-12(19)13(20)8-11-4-5-15(23-2)18(22)17(11)19/h4-5,9-10,13-14,21-22H,6-8H2,1-3H3/t13-,14-,19-/m0/s1. The number of aliphatic hydroxyl groups excluding tert-OH is 1.